The lowest BCUT2D eigenvalue weighted by molar-refractivity contribution is 0.0126. The maximum atomic E-state index is 12.5. The number of aliphatic hydroxyl groups is 1. The number of sulfonamides is 1. The van der Waals surface area contributed by atoms with E-state index in [1.807, 2.05) is 0 Å². The predicted octanol–water partition coefficient (Wildman–Crippen LogP) is 1.44. The largest absolute Gasteiger partial charge is 0.390 e. The van der Waals surface area contributed by atoms with Gasteiger partial charge >= 0.3 is 0 Å². The number of rotatable bonds is 5. The molecule has 1 fully saturated rings. The van der Waals surface area contributed by atoms with Crippen LogP contribution in [0, 0.1) is 0 Å². The molecule has 1 aliphatic heterocycles. The Kier molecular flexibility index (Phi) is 4.85. The third-order valence-electron chi connectivity index (χ3n) is 3.73. The monoisotopic (exact) mass is 313 g/mol. The van der Waals surface area contributed by atoms with E-state index in [4.69, 9.17) is 0 Å². The van der Waals surface area contributed by atoms with Crippen molar-refractivity contribution >= 4 is 15.8 Å². The maximum Gasteiger partial charge on any atom is 0.244 e. The molecule has 118 valence electrons. The highest BCUT2D eigenvalue weighted by Crippen LogP contribution is 2.26. The standard InChI is InChI=1S/C14H23N3O3S/c1-3-8-15-13-5-4-12(11-16-13)21(19,20)17-9-6-14(2,18)7-10-17/h4-5,11,18H,3,6-10H2,1-2H3,(H,15,16). The van der Waals surface area contributed by atoms with E-state index >= 15 is 0 Å². The van der Waals surface area contributed by atoms with Gasteiger partial charge in [0.1, 0.15) is 10.7 Å². The van der Waals surface area contributed by atoms with Crippen LogP contribution in [0.5, 0.6) is 0 Å². The van der Waals surface area contributed by atoms with Crippen LogP contribution in [-0.4, -0.2) is 48.0 Å². The summed E-state index contributed by atoms with van der Waals surface area (Å²) in [6.45, 7) is 5.28. The van der Waals surface area contributed by atoms with E-state index < -0.39 is 15.6 Å². The smallest absolute Gasteiger partial charge is 0.244 e. The first-order valence-corrected chi connectivity index (χ1v) is 8.72. The van der Waals surface area contributed by atoms with Gasteiger partial charge in [0.05, 0.1) is 5.60 Å². The number of pyridine rings is 1. The van der Waals surface area contributed by atoms with Crippen molar-refractivity contribution in [2.45, 2.75) is 43.6 Å². The first kappa shape index (κ1) is 16.2. The molecule has 0 unspecified atom stereocenters. The Morgan fingerprint density at radius 2 is 2.05 bits per heavy atom. The average molecular weight is 313 g/mol. The number of piperidine rings is 1. The summed E-state index contributed by atoms with van der Waals surface area (Å²) >= 11 is 0. The number of hydrogen-bond acceptors (Lipinski definition) is 5. The second kappa shape index (κ2) is 6.29. The Labute approximate surface area is 126 Å². The van der Waals surface area contributed by atoms with Crippen molar-refractivity contribution in [2.75, 3.05) is 25.0 Å². The number of nitrogens with zero attached hydrogens (tertiary/aromatic N) is 2. The topological polar surface area (TPSA) is 82.5 Å². The molecule has 2 heterocycles. The molecule has 21 heavy (non-hydrogen) atoms. The minimum Gasteiger partial charge on any atom is -0.390 e. The summed E-state index contributed by atoms with van der Waals surface area (Å²) in [5.41, 5.74) is -0.766. The van der Waals surface area contributed by atoms with Gasteiger partial charge in [-0.2, -0.15) is 4.31 Å². The van der Waals surface area contributed by atoms with Crippen LogP contribution in [0.25, 0.3) is 0 Å². The summed E-state index contributed by atoms with van der Waals surface area (Å²) in [7, 11) is -3.52. The molecular formula is C14H23N3O3S. The minimum atomic E-state index is -3.52. The zero-order chi connectivity index (χ0) is 15.5. The molecule has 2 N–H and O–H groups in total. The first-order chi connectivity index (χ1) is 9.85. The lowest BCUT2D eigenvalue weighted by Crippen LogP contribution is -2.45. The number of aromatic nitrogens is 1. The van der Waals surface area contributed by atoms with Crippen LogP contribution >= 0.6 is 0 Å². The van der Waals surface area contributed by atoms with E-state index in [-0.39, 0.29) is 4.90 Å². The molecule has 0 aliphatic carbocycles. The molecule has 1 saturated heterocycles. The molecule has 0 radical (unpaired) electrons. The van der Waals surface area contributed by atoms with E-state index in [1.54, 1.807) is 19.1 Å². The van der Waals surface area contributed by atoms with E-state index in [1.165, 1.54) is 10.5 Å². The second-order valence-corrected chi connectivity index (χ2v) is 7.64. The predicted molar refractivity (Wildman–Crippen MR) is 81.6 cm³/mol. The third-order valence-corrected chi connectivity index (χ3v) is 5.61. The lowest BCUT2D eigenvalue weighted by Gasteiger charge is -2.34. The number of nitrogens with one attached hydrogen (secondary N) is 1. The zero-order valence-electron chi connectivity index (χ0n) is 12.5. The van der Waals surface area contributed by atoms with E-state index in [2.05, 4.69) is 17.2 Å². The molecule has 1 aromatic rings. The highest BCUT2D eigenvalue weighted by Gasteiger charge is 2.34. The Morgan fingerprint density at radius 1 is 1.38 bits per heavy atom. The Morgan fingerprint density at radius 3 is 2.57 bits per heavy atom. The minimum absolute atomic E-state index is 0.200. The van der Waals surface area contributed by atoms with E-state index in [0.717, 1.165) is 13.0 Å². The van der Waals surface area contributed by atoms with Crippen molar-refractivity contribution in [1.29, 1.82) is 0 Å². The second-order valence-electron chi connectivity index (χ2n) is 5.71. The summed E-state index contributed by atoms with van der Waals surface area (Å²) in [5.74, 6) is 0.678. The first-order valence-electron chi connectivity index (χ1n) is 7.28. The van der Waals surface area contributed by atoms with Gasteiger partial charge in [-0.25, -0.2) is 13.4 Å². The summed E-state index contributed by atoms with van der Waals surface area (Å²) in [6.07, 6.45) is 3.28. The highest BCUT2D eigenvalue weighted by atomic mass is 32.2. The fourth-order valence-corrected chi connectivity index (χ4v) is 3.64. The molecule has 0 bridgehead atoms. The quantitative estimate of drug-likeness (QED) is 0.859. The van der Waals surface area contributed by atoms with Gasteiger partial charge < -0.3 is 10.4 Å². The van der Waals surface area contributed by atoms with Gasteiger partial charge in [-0.3, -0.25) is 0 Å². The van der Waals surface area contributed by atoms with Gasteiger partial charge in [0, 0.05) is 25.8 Å². The molecule has 2 rings (SSSR count). The van der Waals surface area contributed by atoms with E-state index in [0.29, 0.717) is 31.7 Å². The van der Waals surface area contributed by atoms with Crippen LogP contribution in [0.1, 0.15) is 33.1 Å². The van der Waals surface area contributed by atoms with Crippen LogP contribution in [0.4, 0.5) is 5.82 Å². The van der Waals surface area contributed by atoms with Crippen molar-refractivity contribution in [3.8, 4) is 0 Å². The van der Waals surface area contributed by atoms with Crippen LogP contribution in [0.15, 0.2) is 23.2 Å². The molecule has 7 heteroatoms. The Balaban J connectivity index is 2.09. The Bertz CT molecular complexity index is 560. The molecule has 1 aliphatic rings. The van der Waals surface area contributed by atoms with Crippen LogP contribution in [-0.2, 0) is 10.0 Å². The van der Waals surface area contributed by atoms with Gasteiger partial charge in [-0.15, -0.1) is 0 Å². The summed E-state index contributed by atoms with van der Waals surface area (Å²) in [6, 6.07) is 3.26. The van der Waals surface area contributed by atoms with Crippen molar-refractivity contribution in [2.24, 2.45) is 0 Å². The Hall–Kier alpha value is -1.18. The van der Waals surface area contributed by atoms with Crippen molar-refractivity contribution < 1.29 is 13.5 Å². The zero-order valence-corrected chi connectivity index (χ0v) is 13.4. The number of hydrogen-bond donors (Lipinski definition) is 2. The van der Waals surface area contributed by atoms with Crippen LogP contribution in [0.3, 0.4) is 0 Å². The normalized spacial score (nSPS) is 19.4. The summed E-state index contributed by atoms with van der Waals surface area (Å²) in [5, 5.41) is 13.0. The van der Waals surface area contributed by atoms with Crippen LogP contribution in [0.2, 0.25) is 0 Å². The molecule has 1 aromatic heterocycles. The number of anilines is 1. The van der Waals surface area contributed by atoms with E-state index in [9.17, 15) is 13.5 Å². The molecular weight excluding hydrogens is 290 g/mol. The van der Waals surface area contributed by atoms with Crippen molar-refractivity contribution in [3.63, 3.8) is 0 Å². The van der Waals surface area contributed by atoms with Crippen LogP contribution < -0.4 is 5.32 Å². The molecule has 0 spiro atoms. The fraction of sp³-hybridized carbons (Fsp3) is 0.643. The lowest BCUT2D eigenvalue weighted by atomic mass is 9.95. The maximum absolute atomic E-state index is 12.5. The van der Waals surface area contributed by atoms with Gasteiger partial charge in [-0.05, 0) is 38.3 Å². The molecule has 6 nitrogen and oxygen atoms in total. The van der Waals surface area contributed by atoms with Crippen molar-refractivity contribution in [3.05, 3.63) is 18.3 Å². The molecule has 0 atom stereocenters. The molecule has 0 aromatic carbocycles. The highest BCUT2D eigenvalue weighted by molar-refractivity contribution is 7.89. The molecule has 0 saturated carbocycles. The van der Waals surface area contributed by atoms with Gasteiger partial charge in [0.15, 0.2) is 0 Å². The van der Waals surface area contributed by atoms with Gasteiger partial charge in [0.2, 0.25) is 10.0 Å². The summed E-state index contributed by atoms with van der Waals surface area (Å²) < 4.78 is 26.4. The third kappa shape index (κ3) is 3.93. The average Bonchev–Trinajstić information content (AvgIpc) is 2.45. The molecule has 0 amide bonds. The van der Waals surface area contributed by atoms with Crippen molar-refractivity contribution in [1.82, 2.24) is 9.29 Å². The summed E-state index contributed by atoms with van der Waals surface area (Å²) in [4.78, 5) is 4.34. The van der Waals surface area contributed by atoms with Gasteiger partial charge in [-0.1, -0.05) is 6.92 Å². The van der Waals surface area contributed by atoms with Gasteiger partial charge in [0.25, 0.3) is 0 Å². The SMILES string of the molecule is CCCNc1ccc(S(=O)(=O)N2CCC(C)(O)CC2)cn1. The fourth-order valence-electron chi connectivity index (χ4n) is 2.25.